The molecular weight excluding hydrogens is 200 g/mol. The van der Waals surface area contributed by atoms with Crippen LogP contribution in [0.25, 0.3) is 0 Å². The van der Waals surface area contributed by atoms with Crippen molar-refractivity contribution in [3.05, 3.63) is 5.51 Å². The van der Waals surface area contributed by atoms with E-state index in [0.717, 1.165) is 31.2 Å². The third-order valence-corrected chi connectivity index (χ3v) is 3.18. The third-order valence-electron chi connectivity index (χ3n) is 2.57. The Hall–Kier alpha value is -0.720. The molecular formula is C8H14N4OS. The molecule has 1 aliphatic heterocycles. The Morgan fingerprint density at radius 2 is 2.36 bits per heavy atom. The van der Waals surface area contributed by atoms with Gasteiger partial charge in [-0.05, 0) is 12.8 Å². The van der Waals surface area contributed by atoms with Gasteiger partial charge in [-0.2, -0.15) is 0 Å². The maximum Gasteiger partial charge on any atom is 0.205 e. The number of nitrogens with zero attached hydrogens (tertiary/aromatic N) is 2. The zero-order valence-corrected chi connectivity index (χ0v) is 8.72. The Kier molecular flexibility index (Phi) is 2.95. The summed E-state index contributed by atoms with van der Waals surface area (Å²) in [6, 6.07) is 0. The summed E-state index contributed by atoms with van der Waals surface area (Å²) in [5, 5.41) is 12.0. The maximum atomic E-state index is 5.79. The van der Waals surface area contributed by atoms with Crippen molar-refractivity contribution >= 4 is 16.5 Å². The quantitative estimate of drug-likeness (QED) is 0.764. The maximum absolute atomic E-state index is 5.79. The highest BCUT2D eigenvalue weighted by Gasteiger charge is 2.31. The number of nitrogens with two attached hydrogens (primary N) is 1. The van der Waals surface area contributed by atoms with E-state index < -0.39 is 0 Å². The van der Waals surface area contributed by atoms with Gasteiger partial charge in [0, 0.05) is 19.8 Å². The predicted octanol–water partition coefficient (Wildman–Crippen LogP) is 0.458. The van der Waals surface area contributed by atoms with Gasteiger partial charge in [0.05, 0.1) is 5.54 Å². The summed E-state index contributed by atoms with van der Waals surface area (Å²) in [7, 11) is 0. The fourth-order valence-electron chi connectivity index (χ4n) is 1.60. The van der Waals surface area contributed by atoms with E-state index in [-0.39, 0.29) is 5.54 Å². The minimum absolute atomic E-state index is 0.0439. The topological polar surface area (TPSA) is 73.1 Å². The van der Waals surface area contributed by atoms with Crippen LogP contribution in [-0.4, -0.2) is 35.5 Å². The lowest BCUT2D eigenvalue weighted by molar-refractivity contribution is 0.0628. The highest BCUT2D eigenvalue weighted by atomic mass is 32.1. The number of anilines is 1. The van der Waals surface area contributed by atoms with Crippen molar-refractivity contribution in [2.45, 2.75) is 18.4 Å². The second-order valence-corrected chi connectivity index (χ2v) is 4.30. The molecule has 2 heterocycles. The second kappa shape index (κ2) is 4.20. The molecule has 0 spiro atoms. The van der Waals surface area contributed by atoms with E-state index >= 15 is 0 Å². The van der Waals surface area contributed by atoms with Crippen molar-refractivity contribution in [1.29, 1.82) is 0 Å². The highest BCUT2D eigenvalue weighted by Crippen LogP contribution is 2.25. The standard InChI is InChI=1S/C8H14N4OS/c9-5-8(1-3-13-4-2-8)11-7-12-10-6-14-7/h6H,1-5,9H2,(H,11,12). The molecule has 78 valence electrons. The Morgan fingerprint density at radius 1 is 1.57 bits per heavy atom. The van der Waals surface area contributed by atoms with Crippen LogP contribution in [0.3, 0.4) is 0 Å². The first-order valence-corrected chi connectivity index (χ1v) is 5.55. The number of hydrogen-bond donors (Lipinski definition) is 2. The summed E-state index contributed by atoms with van der Waals surface area (Å²) in [4.78, 5) is 0. The van der Waals surface area contributed by atoms with E-state index in [1.54, 1.807) is 5.51 Å². The van der Waals surface area contributed by atoms with Gasteiger partial charge in [0.25, 0.3) is 0 Å². The van der Waals surface area contributed by atoms with Crippen LogP contribution in [0, 0.1) is 0 Å². The van der Waals surface area contributed by atoms with Crippen molar-refractivity contribution in [2.75, 3.05) is 25.1 Å². The molecule has 1 aromatic heterocycles. The zero-order chi connectivity index (χ0) is 9.86. The number of aromatic nitrogens is 2. The molecule has 6 heteroatoms. The van der Waals surface area contributed by atoms with Crippen molar-refractivity contribution in [2.24, 2.45) is 5.73 Å². The summed E-state index contributed by atoms with van der Waals surface area (Å²) >= 11 is 1.50. The van der Waals surface area contributed by atoms with Gasteiger partial charge in [-0.1, -0.05) is 11.3 Å². The molecule has 0 radical (unpaired) electrons. The summed E-state index contributed by atoms with van der Waals surface area (Å²) in [6.45, 7) is 2.14. The van der Waals surface area contributed by atoms with Gasteiger partial charge in [-0.3, -0.25) is 0 Å². The van der Waals surface area contributed by atoms with Gasteiger partial charge in [-0.25, -0.2) is 0 Å². The molecule has 0 bridgehead atoms. The van der Waals surface area contributed by atoms with E-state index in [1.165, 1.54) is 11.3 Å². The number of ether oxygens (including phenoxy) is 1. The average Bonchev–Trinajstić information content (AvgIpc) is 2.72. The van der Waals surface area contributed by atoms with Crippen molar-refractivity contribution in [1.82, 2.24) is 10.2 Å². The Morgan fingerprint density at radius 3 is 2.93 bits per heavy atom. The molecule has 2 rings (SSSR count). The van der Waals surface area contributed by atoms with Gasteiger partial charge in [-0.15, -0.1) is 10.2 Å². The van der Waals surface area contributed by atoms with Crippen molar-refractivity contribution in [3.63, 3.8) is 0 Å². The minimum atomic E-state index is -0.0439. The summed E-state index contributed by atoms with van der Waals surface area (Å²) in [5.74, 6) is 0. The van der Waals surface area contributed by atoms with Crippen LogP contribution in [0.2, 0.25) is 0 Å². The molecule has 14 heavy (non-hydrogen) atoms. The third kappa shape index (κ3) is 2.02. The van der Waals surface area contributed by atoms with Crippen LogP contribution in [0.5, 0.6) is 0 Å². The van der Waals surface area contributed by atoms with Crippen LogP contribution in [0.4, 0.5) is 5.13 Å². The number of hydrogen-bond acceptors (Lipinski definition) is 6. The molecule has 1 saturated heterocycles. The monoisotopic (exact) mass is 214 g/mol. The fraction of sp³-hybridized carbons (Fsp3) is 0.750. The summed E-state index contributed by atoms with van der Waals surface area (Å²) < 4.78 is 5.32. The van der Waals surface area contributed by atoms with E-state index in [2.05, 4.69) is 15.5 Å². The normalized spacial score (nSPS) is 20.6. The van der Waals surface area contributed by atoms with E-state index in [4.69, 9.17) is 10.5 Å². The summed E-state index contributed by atoms with van der Waals surface area (Å²) in [5.41, 5.74) is 7.46. The van der Waals surface area contributed by atoms with Crippen molar-refractivity contribution < 1.29 is 4.74 Å². The molecule has 1 aromatic rings. The van der Waals surface area contributed by atoms with E-state index in [1.807, 2.05) is 0 Å². The Bertz CT molecular complexity index is 271. The molecule has 0 saturated carbocycles. The van der Waals surface area contributed by atoms with Crippen LogP contribution < -0.4 is 11.1 Å². The first kappa shape index (κ1) is 9.82. The lowest BCUT2D eigenvalue weighted by atomic mass is 9.90. The largest absolute Gasteiger partial charge is 0.381 e. The molecule has 1 fully saturated rings. The molecule has 0 amide bonds. The van der Waals surface area contributed by atoms with E-state index in [9.17, 15) is 0 Å². The molecule has 1 aliphatic rings. The molecule has 0 unspecified atom stereocenters. The fourth-order valence-corrected chi connectivity index (χ4v) is 2.16. The zero-order valence-electron chi connectivity index (χ0n) is 7.90. The lowest BCUT2D eigenvalue weighted by Crippen LogP contribution is -2.49. The summed E-state index contributed by atoms with van der Waals surface area (Å²) in [6.07, 6.45) is 1.87. The van der Waals surface area contributed by atoms with E-state index in [0.29, 0.717) is 6.54 Å². The Balaban J connectivity index is 2.04. The molecule has 0 aromatic carbocycles. The SMILES string of the molecule is NCC1(Nc2nncs2)CCOCC1. The van der Waals surface area contributed by atoms with Crippen LogP contribution in [0.15, 0.2) is 5.51 Å². The Labute approximate surface area is 86.7 Å². The number of rotatable bonds is 3. The average molecular weight is 214 g/mol. The second-order valence-electron chi connectivity index (χ2n) is 3.47. The van der Waals surface area contributed by atoms with Crippen LogP contribution in [-0.2, 0) is 4.74 Å². The predicted molar refractivity (Wildman–Crippen MR) is 55.4 cm³/mol. The molecule has 5 nitrogen and oxygen atoms in total. The van der Waals surface area contributed by atoms with Gasteiger partial charge in [0.2, 0.25) is 5.13 Å². The molecule has 3 N–H and O–H groups in total. The first-order valence-electron chi connectivity index (χ1n) is 4.67. The number of nitrogens with one attached hydrogen (secondary N) is 1. The minimum Gasteiger partial charge on any atom is -0.381 e. The molecule has 0 atom stereocenters. The van der Waals surface area contributed by atoms with Gasteiger partial charge in [0.1, 0.15) is 5.51 Å². The lowest BCUT2D eigenvalue weighted by Gasteiger charge is -2.36. The van der Waals surface area contributed by atoms with Gasteiger partial charge >= 0.3 is 0 Å². The van der Waals surface area contributed by atoms with Gasteiger partial charge < -0.3 is 15.8 Å². The van der Waals surface area contributed by atoms with Crippen LogP contribution in [0.1, 0.15) is 12.8 Å². The van der Waals surface area contributed by atoms with Gasteiger partial charge in [0.15, 0.2) is 0 Å². The highest BCUT2D eigenvalue weighted by molar-refractivity contribution is 7.13. The first-order chi connectivity index (χ1) is 6.85. The smallest absolute Gasteiger partial charge is 0.205 e. The molecule has 0 aliphatic carbocycles. The van der Waals surface area contributed by atoms with Crippen molar-refractivity contribution in [3.8, 4) is 0 Å². The van der Waals surface area contributed by atoms with Crippen LogP contribution >= 0.6 is 11.3 Å².